The molecular weight excluding hydrogens is 534 g/mol. The second kappa shape index (κ2) is 12.1. The zero-order valence-corrected chi connectivity index (χ0v) is 23.6. The molecule has 11 nitrogen and oxygen atoms in total. The Kier molecular flexibility index (Phi) is 9.95. The number of anilines is 1. The molecule has 200 valence electrons. The Morgan fingerprint density at radius 2 is 1.61 bits per heavy atom. The molecule has 36 heavy (non-hydrogen) atoms. The number of nitrogens with zero attached hydrogens (tertiary/aromatic N) is 4. The van der Waals surface area contributed by atoms with E-state index >= 15 is 0 Å². The van der Waals surface area contributed by atoms with Crippen LogP contribution in [0, 0.1) is 0 Å². The molecule has 1 aromatic heterocycles. The van der Waals surface area contributed by atoms with Crippen molar-refractivity contribution < 1.29 is 28.7 Å². The molecule has 12 heteroatoms. The number of ketones is 2. The zero-order valence-electron chi connectivity index (χ0n) is 22.0. The summed E-state index contributed by atoms with van der Waals surface area (Å²) >= 11 is 3.23. The van der Waals surface area contributed by atoms with Gasteiger partial charge < -0.3 is 19.7 Å². The molecule has 0 aromatic carbocycles. The van der Waals surface area contributed by atoms with Gasteiger partial charge in [0.2, 0.25) is 5.78 Å². The maximum Gasteiger partial charge on any atom is 0.410 e. The maximum absolute atomic E-state index is 13.6. The highest BCUT2D eigenvalue weighted by atomic mass is 79.9. The molecule has 1 unspecified atom stereocenters. The van der Waals surface area contributed by atoms with Gasteiger partial charge in [-0.15, -0.1) is 0 Å². The van der Waals surface area contributed by atoms with Crippen LogP contribution < -0.4 is 5.32 Å². The monoisotopic (exact) mass is 569 g/mol. The molecule has 1 aromatic rings. The highest BCUT2D eigenvalue weighted by molar-refractivity contribution is 9.10. The third kappa shape index (κ3) is 8.81. The van der Waals surface area contributed by atoms with Crippen LogP contribution in [0.2, 0.25) is 0 Å². The molecule has 2 rings (SSSR count). The van der Waals surface area contributed by atoms with Gasteiger partial charge >= 0.3 is 12.1 Å². The Morgan fingerprint density at radius 1 is 1.03 bits per heavy atom. The summed E-state index contributed by atoms with van der Waals surface area (Å²) in [6, 6.07) is -1.10. The van der Waals surface area contributed by atoms with Crippen molar-refractivity contribution in [3.05, 3.63) is 16.5 Å². The molecule has 1 aliphatic rings. The van der Waals surface area contributed by atoms with Crippen molar-refractivity contribution in [2.75, 3.05) is 38.0 Å². The van der Waals surface area contributed by atoms with Crippen molar-refractivity contribution >= 4 is 45.4 Å². The molecule has 1 saturated heterocycles. The molecule has 1 fully saturated rings. The van der Waals surface area contributed by atoms with E-state index in [0.717, 1.165) is 0 Å². The Labute approximate surface area is 220 Å². The molecule has 1 atom stereocenters. The fraction of sp³-hybridized carbons (Fsp3) is 0.667. The van der Waals surface area contributed by atoms with Gasteiger partial charge in [0.05, 0.1) is 6.20 Å². The molecule has 0 aliphatic carbocycles. The molecule has 1 amide bonds. The summed E-state index contributed by atoms with van der Waals surface area (Å²) in [6.45, 7) is 13.3. The lowest BCUT2D eigenvalue weighted by molar-refractivity contribution is -0.152. The van der Waals surface area contributed by atoms with Crippen molar-refractivity contribution in [1.82, 2.24) is 19.8 Å². The predicted octanol–water partition coefficient (Wildman–Crippen LogP) is 3.08. The lowest BCUT2D eigenvalue weighted by atomic mass is 10.00. The summed E-state index contributed by atoms with van der Waals surface area (Å²) in [5, 5.41) is 2.81. The number of esters is 1. The Bertz CT molecular complexity index is 980. The van der Waals surface area contributed by atoms with Crippen LogP contribution in [-0.4, -0.2) is 93.4 Å². The summed E-state index contributed by atoms with van der Waals surface area (Å²) in [4.78, 5) is 62.9. The van der Waals surface area contributed by atoms with Crippen LogP contribution in [0.3, 0.4) is 0 Å². The topological polar surface area (TPSA) is 131 Å². The highest BCUT2D eigenvalue weighted by Gasteiger charge is 2.37. The van der Waals surface area contributed by atoms with Crippen molar-refractivity contribution in [3.8, 4) is 0 Å². The van der Waals surface area contributed by atoms with E-state index in [-0.39, 0.29) is 30.3 Å². The van der Waals surface area contributed by atoms with Gasteiger partial charge in [-0.3, -0.25) is 19.3 Å². The Balaban J connectivity index is 2.21. The fourth-order valence-electron chi connectivity index (χ4n) is 3.53. The van der Waals surface area contributed by atoms with Crippen LogP contribution in [0.5, 0.6) is 0 Å². The van der Waals surface area contributed by atoms with Crippen molar-refractivity contribution in [3.63, 3.8) is 0 Å². The Hall–Kier alpha value is -2.60. The predicted molar refractivity (Wildman–Crippen MR) is 137 cm³/mol. The van der Waals surface area contributed by atoms with Crippen LogP contribution in [0.1, 0.15) is 65.4 Å². The third-order valence-corrected chi connectivity index (χ3v) is 5.41. The van der Waals surface area contributed by atoms with Crippen LogP contribution in [-0.2, 0) is 19.1 Å². The van der Waals surface area contributed by atoms with Gasteiger partial charge in [-0.1, -0.05) is 6.92 Å². The molecule has 1 aliphatic heterocycles. The van der Waals surface area contributed by atoms with Crippen LogP contribution in [0.4, 0.5) is 10.6 Å². The van der Waals surface area contributed by atoms with E-state index in [1.54, 1.807) is 58.3 Å². The number of amides is 1. The van der Waals surface area contributed by atoms with E-state index in [1.165, 1.54) is 6.20 Å². The maximum atomic E-state index is 13.6. The van der Waals surface area contributed by atoms with Gasteiger partial charge in [-0.05, 0) is 57.5 Å². The number of halogens is 1. The fourth-order valence-corrected chi connectivity index (χ4v) is 3.81. The minimum atomic E-state index is -1.10. The lowest BCUT2D eigenvalue weighted by Crippen LogP contribution is -2.57. The van der Waals surface area contributed by atoms with Crippen LogP contribution >= 0.6 is 15.9 Å². The summed E-state index contributed by atoms with van der Waals surface area (Å²) in [5.74, 6) is -1.25. The van der Waals surface area contributed by atoms with Gasteiger partial charge in [0.1, 0.15) is 28.4 Å². The first kappa shape index (κ1) is 29.6. The van der Waals surface area contributed by atoms with Gasteiger partial charge in [0.25, 0.3) is 0 Å². The summed E-state index contributed by atoms with van der Waals surface area (Å²) in [5.41, 5.74) is -1.34. The normalized spacial score (nSPS) is 15.7. The van der Waals surface area contributed by atoms with Gasteiger partial charge in [-0.2, -0.15) is 0 Å². The first-order valence-corrected chi connectivity index (χ1v) is 12.7. The lowest BCUT2D eigenvalue weighted by Gasteiger charge is -2.38. The molecule has 0 saturated carbocycles. The summed E-state index contributed by atoms with van der Waals surface area (Å²) in [7, 11) is 0. The summed E-state index contributed by atoms with van der Waals surface area (Å²) in [6.07, 6.45) is 1.10. The van der Waals surface area contributed by atoms with E-state index in [0.29, 0.717) is 30.8 Å². The second-order valence-corrected chi connectivity index (χ2v) is 11.2. The van der Waals surface area contributed by atoms with Crippen molar-refractivity contribution in [2.24, 2.45) is 0 Å². The molecule has 0 radical (unpaired) electrons. The number of Topliss-reactive ketones (excluding diaryl/α,β-unsaturated/α-hetero) is 2. The van der Waals surface area contributed by atoms with E-state index in [1.807, 2.05) is 0 Å². The number of carbonyl (C=O) groups is 4. The third-order valence-electron chi connectivity index (χ3n) is 5.03. The molecule has 0 bridgehead atoms. The average Bonchev–Trinajstić information content (AvgIpc) is 2.76. The van der Waals surface area contributed by atoms with Gasteiger partial charge in [0, 0.05) is 32.6 Å². The standard InChI is InChI=1S/C24H36BrN5O6/c1-8-15(31)19(29-9-11-30(12-10-29)22(34)36-24(5,6)7)20(33)18-21(26-13-16(25)28-18)27-14-17(32)35-23(2,3)4/h13,19H,8-12,14H2,1-7H3,(H,26,27). The second-order valence-electron chi connectivity index (χ2n) is 10.4. The van der Waals surface area contributed by atoms with Gasteiger partial charge in [-0.25, -0.2) is 14.8 Å². The summed E-state index contributed by atoms with van der Waals surface area (Å²) < 4.78 is 11.0. The highest BCUT2D eigenvalue weighted by Crippen LogP contribution is 2.21. The average molecular weight is 570 g/mol. The molecule has 0 spiro atoms. The number of carbonyl (C=O) groups excluding carboxylic acids is 4. The van der Waals surface area contributed by atoms with E-state index in [9.17, 15) is 19.2 Å². The number of piperazine rings is 1. The molecular formula is C24H36BrN5O6. The number of rotatable bonds is 8. The largest absolute Gasteiger partial charge is 0.459 e. The Morgan fingerprint density at radius 3 is 2.14 bits per heavy atom. The van der Waals surface area contributed by atoms with Crippen molar-refractivity contribution in [1.29, 1.82) is 0 Å². The number of nitrogens with one attached hydrogen (secondary N) is 1. The number of hydrogen-bond acceptors (Lipinski definition) is 10. The number of ether oxygens (including phenoxy) is 2. The van der Waals surface area contributed by atoms with Crippen LogP contribution in [0.15, 0.2) is 10.8 Å². The van der Waals surface area contributed by atoms with Gasteiger partial charge in [0.15, 0.2) is 17.3 Å². The number of aromatic nitrogens is 2. The zero-order chi connectivity index (χ0) is 27.3. The molecule has 2 heterocycles. The quantitative estimate of drug-likeness (QED) is 0.283. The SMILES string of the molecule is CCC(=O)C(C(=O)c1nc(Br)cnc1NCC(=O)OC(C)(C)C)N1CCN(C(=O)OC(C)(C)C)CC1. The van der Waals surface area contributed by atoms with E-state index < -0.39 is 35.1 Å². The number of hydrogen-bond donors (Lipinski definition) is 1. The van der Waals surface area contributed by atoms with E-state index in [2.05, 4.69) is 31.2 Å². The van der Waals surface area contributed by atoms with E-state index in [4.69, 9.17) is 9.47 Å². The smallest absolute Gasteiger partial charge is 0.410 e. The minimum absolute atomic E-state index is 0.0608. The first-order valence-electron chi connectivity index (χ1n) is 11.9. The molecule has 1 N–H and O–H groups in total. The van der Waals surface area contributed by atoms with Crippen LogP contribution in [0.25, 0.3) is 0 Å². The van der Waals surface area contributed by atoms with Crippen molar-refractivity contribution in [2.45, 2.75) is 72.1 Å². The minimum Gasteiger partial charge on any atom is -0.459 e. The first-order chi connectivity index (χ1) is 16.6.